The summed E-state index contributed by atoms with van der Waals surface area (Å²) in [7, 11) is 0. The van der Waals surface area contributed by atoms with Gasteiger partial charge in [0, 0.05) is 32.1 Å². The molecule has 4 rings (SSSR count). The Bertz CT molecular complexity index is 806. The molecule has 1 atom stereocenters. The highest BCUT2D eigenvalue weighted by molar-refractivity contribution is 5.73. The highest BCUT2D eigenvalue weighted by Crippen LogP contribution is 2.38. The summed E-state index contributed by atoms with van der Waals surface area (Å²) in [5.74, 6) is 1.90. The first-order valence-electron chi connectivity index (χ1n) is 8.73. The Morgan fingerprint density at radius 2 is 2.12 bits per heavy atom. The van der Waals surface area contributed by atoms with Crippen molar-refractivity contribution >= 4 is 11.7 Å². The molecule has 1 unspecified atom stereocenters. The molecule has 1 amide bonds. The fourth-order valence-electron chi connectivity index (χ4n) is 3.37. The van der Waals surface area contributed by atoms with Crippen molar-refractivity contribution in [3.8, 4) is 0 Å². The Balaban J connectivity index is 1.63. The maximum Gasteiger partial charge on any atom is 0.219 e. The van der Waals surface area contributed by atoms with Gasteiger partial charge in [-0.1, -0.05) is 6.07 Å². The smallest absolute Gasteiger partial charge is 0.219 e. The van der Waals surface area contributed by atoms with Gasteiger partial charge in [-0.2, -0.15) is 0 Å². The summed E-state index contributed by atoms with van der Waals surface area (Å²) in [5.41, 5.74) is 1.87. The molecule has 2 aromatic rings. The van der Waals surface area contributed by atoms with Crippen molar-refractivity contribution in [3.63, 3.8) is 0 Å². The number of nitrogens with zero attached hydrogens (tertiary/aromatic N) is 3. The zero-order valence-electron chi connectivity index (χ0n) is 14.2. The van der Waals surface area contributed by atoms with E-state index in [2.05, 4.69) is 15.3 Å². The fraction of sp³-hybridized carbons (Fsp3) is 0.421. The van der Waals surface area contributed by atoms with Crippen LogP contribution in [-0.4, -0.2) is 27.3 Å². The zero-order chi connectivity index (χ0) is 17.4. The molecule has 1 fully saturated rings. The molecule has 1 aromatic heterocycles. The molecule has 130 valence electrons. The number of amides is 1. The minimum Gasteiger partial charge on any atom is -0.363 e. The third kappa shape index (κ3) is 3.48. The van der Waals surface area contributed by atoms with Gasteiger partial charge in [-0.15, -0.1) is 0 Å². The standard InChI is InChI=1S/C19H21FN4O/c1-12(25)24-9-7-17(16-5-4-15(20)10-14(16)11-24)22-18-6-8-21-19(23-18)13-2-3-13/h4-6,8,10,13,17H,2-3,7,9,11H2,1H3,(H,21,22,23). The van der Waals surface area contributed by atoms with Crippen molar-refractivity contribution < 1.29 is 9.18 Å². The normalized spacial score (nSPS) is 19.9. The van der Waals surface area contributed by atoms with Crippen molar-refractivity contribution in [1.82, 2.24) is 14.9 Å². The van der Waals surface area contributed by atoms with Gasteiger partial charge in [-0.3, -0.25) is 4.79 Å². The maximum absolute atomic E-state index is 13.7. The molecule has 0 spiro atoms. The van der Waals surface area contributed by atoms with Crippen LogP contribution in [0, 0.1) is 5.82 Å². The second-order valence-corrected chi connectivity index (χ2v) is 6.84. The van der Waals surface area contributed by atoms with E-state index in [1.807, 2.05) is 12.1 Å². The average Bonchev–Trinajstić information content (AvgIpc) is 3.42. The highest BCUT2D eigenvalue weighted by Gasteiger charge is 2.28. The van der Waals surface area contributed by atoms with Crippen LogP contribution >= 0.6 is 0 Å². The molecule has 1 saturated carbocycles. The predicted molar refractivity (Wildman–Crippen MR) is 92.5 cm³/mol. The van der Waals surface area contributed by atoms with Crippen LogP contribution in [0.2, 0.25) is 0 Å². The van der Waals surface area contributed by atoms with Crippen molar-refractivity contribution in [1.29, 1.82) is 0 Å². The summed E-state index contributed by atoms with van der Waals surface area (Å²) in [6.07, 6.45) is 4.85. The molecule has 2 aliphatic rings. The lowest BCUT2D eigenvalue weighted by atomic mass is 9.99. The van der Waals surface area contributed by atoms with Crippen LogP contribution in [0.5, 0.6) is 0 Å². The minimum absolute atomic E-state index is 0.00826. The molecule has 0 bridgehead atoms. The van der Waals surface area contributed by atoms with Gasteiger partial charge in [-0.05, 0) is 48.6 Å². The van der Waals surface area contributed by atoms with Gasteiger partial charge in [0.2, 0.25) is 5.91 Å². The lowest BCUT2D eigenvalue weighted by Gasteiger charge is -2.20. The number of carbonyl (C=O) groups excluding carboxylic acids is 1. The molecule has 0 radical (unpaired) electrons. The number of benzene rings is 1. The van der Waals surface area contributed by atoms with Gasteiger partial charge >= 0.3 is 0 Å². The maximum atomic E-state index is 13.7. The van der Waals surface area contributed by atoms with Crippen LogP contribution in [0.1, 0.15) is 55.1 Å². The topological polar surface area (TPSA) is 58.1 Å². The number of rotatable bonds is 3. The van der Waals surface area contributed by atoms with Crippen LogP contribution in [0.25, 0.3) is 0 Å². The fourth-order valence-corrected chi connectivity index (χ4v) is 3.37. The Kier molecular flexibility index (Phi) is 4.11. The summed E-state index contributed by atoms with van der Waals surface area (Å²) >= 11 is 0. The number of fused-ring (bicyclic) bond motifs is 1. The second kappa shape index (κ2) is 6.43. The van der Waals surface area contributed by atoms with Crippen LogP contribution in [0.15, 0.2) is 30.5 Å². The predicted octanol–water partition coefficient (Wildman–Crippen LogP) is 3.40. The first-order valence-corrected chi connectivity index (χ1v) is 8.73. The Morgan fingerprint density at radius 3 is 2.88 bits per heavy atom. The summed E-state index contributed by atoms with van der Waals surface area (Å²) in [6.45, 7) is 2.63. The zero-order valence-corrected chi connectivity index (χ0v) is 14.2. The van der Waals surface area contributed by atoms with Gasteiger partial charge in [0.1, 0.15) is 17.5 Å². The van der Waals surface area contributed by atoms with Crippen LogP contribution < -0.4 is 5.32 Å². The van der Waals surface area contributed by atoms with Crippen molar-refractivity contribution in [3.05, 3.63) is 53.2 Å². The molecule has 6 heteroatoms. The van der Waals surface area contributed by atoms with Gasteiger partial charge in [0.25, 0.3) is 0 Å². The van der Waals surface area contributed by atoms with E-state index in [-0.39, 0.29) is 17.8 Å². The lowest BCUT2D eigenvalue weighted by molar-refractivity contribution is -0.129. The molecule has 1 N–H and O–H groups in total. The average molecular weight is 340 g/mol. The van der Waals surface area contributed by atoms with E-state index in [0.717, 1.165) is 42.0 Å². The van der Waals surface area contributed by atoms with E-state index in [0.29, 0.717) is 19.0 Å². The van der Waals surface area contributed by atoms with Gasteiger partial charge in [0.05, 0.1) is 6.04 Å². The number of hydrogen-bond donors (Lipinski definition) is 1. The van der Waals surface area contributed by atoms with Gasteiger partial charge in [0.15, 0.2) is 0 Å². The van der Waals surface area contributed by atoms with E-state index in [4.69, 9.17) is 0 Å². The van der Waals surface area contributed by atoms with Crippen LogP contribution in [0.4, 0.5) is 10.2 Å². The molecule has 5 nitrogen and oxygen atoms in total. The van der Waals surface area contributed by atoms with E-state index in [1.54, 1.807) is 18.0 Å². The Hall–Kier alpha value is -2.50. The van der Waals surface area contributed by atoms with Crippen molar-refractivity contribution in [2.24, 2.45) is 0 Å². The molecule has 0 saturated heterocycles. The summed E-state index contributed by atoms with van der Waals surface area (Å²) < 4.78 is 13.7. The lowest BCUT2D eigenvalue weighted by Crippen LogP contribution is -2.28. The quantitative estimate of drug-likeness (QED) is 0.930. The van der Waals surface area contributed by atoms with Crippen molar-refractivity contribution in [2.75, 3.05) is 11.9 Å². The van der Waals surface area contributed by atoms with Gasteiger partial charge < -0.3 is 10.2 Å². The molecule has 1 aliphatic heterocycles. The van der Waals surface area contributed by atoms with E-state index < -0.39 is 0 Å². The third-order valence-electron chi connectivity index (χ3n) is 4.91. The molecule has 1 aliphatic carbocycles. The van der Waals surface area contributed by atoms with E-state index in [1.165, 1.54) is 12.1 Å². The highest BCUT2D eigenvalue weighted by atomic mass is 19.1. The Labute approximate surface area is 146 Å². The van der Waals surface area contributed by atoms with Crippen LogP contribution in [-0.2, 0) is 11.3 Å². The molecular formula is C19H21FN4O. The molecule has 2 heterocycles. The van der Waals surface area contributed by atoms with E-state index >= 15 is 0 Å². The van der Waals surface area contributed by atoms with Gasteiger partial charge in [-0.25, -0.2) is 14.4 Å². The summed E-state index contributed by atoms with van der Waals surface area (Å²) in [4.78, 5) is 22.6. The number of hydrogen-bond acceptors (Lipinski definition) is 4. The molecule has 1 aromatic carbocycles. The van der Waals surface area contributed by atoms with Crippen molar-refractivity contribution in [2.45, 2.75) is 44.7 Å². The molecular weight excluding hydrogens is 319 g/mol. The summed E-state index contributed by atoms with van der Waals surface area (Å²) in [5, 5.41) is 3.47. The number of halogens is 1. The van der Waals surface area contributed by atoms with Crippen LogP contribution in [0.3, 0.4) is 0 Å². The number of carbonyl (C=O) groups is 1. The minimum atomic E-state index is -0.277. The van der Waals surface area contributed by atoms with E-state index in [9.17, 15) is 9.18 Å². The summed E-state index contributed by atoms with van der Waals surface area (Å²) in [6, 6.07) is 6.67. The third-order valence-corrected chi connectivity index (χ3v) is 4.91. The monoisotopic (exact) mass is 340 g/mol. The SMILES string of the molecule is CC(=O)N1CCC(Nc2ccnc(C3CC3)n2)c2ccc(F)cc2C1. The Morgan fingerprint density at radius 1 is 1.28 bits per heavy atom. The first kappa shape index (κ1) is 16.0. The first-order chi connectivity index (χ1) is 12.1. The largest absolute Gasteiger partial charge is 0.363 e. The molecule has 25 heavy (non-hydrogen) atoms. The number of anilines is 1. The number of nitrogens with one attached hydrogen (secondary N) is 1. The second-order valence-electron chi connectivity index (χ2n) is 6.84. The number of aromatic nitrogens is 2.